The Bertz CT molecular complexity index is 815. The molecule has 33 heavy (non-hydrogen) atoms. The maximum Gasteiger partial charge on any atom is 0.137 e. The first-order valence-corrected chi connectivity index (χ1v) is 12.0. The van der Waals surface area contributed by atoms with Crippen molar-refractivity contribution in [2.45, 2.75) is 58.8 Å². The third-order valence-electron chi connectivity index (χ3n) is 6.51. The molecule has 0 aromatic heterocycles. The van der Waals surface area contributed by atoms with Gasteiger partial charge in [0.25, 0.3) is 0 Å². The lowest BCUT2D eigenvalue weighted by Crippen LogP contribution is -3.00. The van der Waals surface area contributed by atoms with Crippen molar-refractivity contribution in [3.8, 4) is 0 Å². The molecule has 2 rings (SSSR count). The third kappa shape index (κ3) is 10.4. The minimum atomic E-state index is 0. The van der Waals surface area contributed by atoms with Crippen molar-refractivity contribution in [1.82, 2.24) is 8.97 Å². The molecule has 0 saturated heterocycles. The molecule has 2 aromatic rings. The van der Waals surface area contributed by atoms with Gasteiger partial charge in [-0.1, -0.05) is 51.0 Å². The zero-order chi connectivity index (χ0) is 22.9. The summed E-state index contributed by atoms with van der Waals surface area (Å²) in [5, 5.41) is 0. The van der Waals surface area contributed by atoms with Crippen molar-refractivity contribution in [3.05, 3.63) is 59.7 Å². The predicted molar refractivity (Wildman–Crippen MR) is 137 cm³/mol. The number of hydrogen-bond donors (Lipinski definition) is 0. The molecule has 0 spiro atoms. The molecule has 0 fully saturated rings. The normalized spacial score (nSPS) is 11.5. The third-order valence-corrected chi connectivity index (χ3v) is 6.51. The van der Waals surface area contributed by atoms with Gasteiger partial charge in [0.1, 0.15) is 17.2 Å². The number of unbranched alkanes of at least 4 members (excludes halogenated alkanes) is 2. The number of carbonyl (C=O) groups excluding carboxylic acids is 1. The van der Waals surface area contributed by atoms with Gasteiger partial charge < -0.3 is 34.0 Å². The first-order chi connectivity index (χ1) is 14.7. The summed E-state index contributed by atoms with van der Waals surface area (Å²) in [6, 6.07) is 17.5. The Labute approximate surface area is 223 Å². The second-order valence-electron chi connectivity index (χ2n) is 10.1. The highest BCUT2D eigenvalue weighted by molar-refractivity contribution is 5.81. The summed E-state index contributed by atoms with van der Waals surface area (Å²) in [5.41, 5.74) is 5.02. The summed E-state index contributed by atoms with van der Waals surface area (Å²) in [5.74, 6) is 0.315. The van der Waals surface area contributed by atoms with Crippen LogP contribution in [0, 0.1) is 0 Å². The smallest absolute Gasteiger partial charge is 0.137 e. The molecule has 0 N–H and O–H groups in total. The molecule has 0 saturated carbocycles. The summed E-state index contributed by atoms with van der Waals surface area (Å²) in [7, 11) is 9.04. The van der Waals surface area contributed by atoms with Gasteiger partial charge in [-0.2, -0.15) is 0 Å². The van der Waals surface area contributed by atoms with Gasteiger partial charge in [0.05, 0.1) is 41.3 Å². The number of hydrogen-bond acceptors (Lipinski definition) is 1. The van der Waals surface area contributed by atoms with E-state index in [1.54, 1.807) is 0 Å². The maximum atomic E-state index is 12.5. The molecule has 0 amide bonds. The van der Waals surface area contributed by atoms with Crippen molar-refractivity contribution < 1.29 is 38.8 Å². The van der Waals surface area contributed by atoms with Crippen LogP contribution in [-0.2, 0) is 17.6 Å². The SMILES string of the molecule is CCCC[N+](C)(C)c1ccc(CCC(=O)Cc2ccc([N+](C)(C)CCCC)cc2)cc1.[Br-].[Br-]. The highest BCUT2D eigenvalue weighted by Gasteiger charge is 2.19. The molecule has 3 nitrogen and oxygen atoms in total. The van der Waals surface area contributed by atoms with Gasteiger partial charge in [0.15, 0.2) is 0 Å². The van der Waals surface area contributed by atoms with E-state index in [2.05, 4.69) is 90.6 Å². The van der Waals surface area contributed by atoms with Crippen LogP contribution in [0.3, 0.4) is 0 Å². The fourth-order valence-electron chi connectivity index (χ4n) is 4.05. The van der Waals surface area contributed by atoms with Crippen LogP contribution in [-0.4, -0.2) is 47.1 Å². The van der Waals surface area contributed by atoms with Gasteiger partial charge >= 0.3 is 0 Å². The topological polar surface area (TPSA) is 17.1 Å². The van der Waals surface area contributed by atoms with E-state index in [0.29, 0.717) is 18.6 Å². The predicted octanol–water partition coefficient (Wildman–Crippen LogP) is 0.173. The summed E-state index contributed by atoms with van der Waals surface area (Å²) >= 11 is 0. The lowest BCUT2D eigenvalue weighted by molar-refractivity contribution is -0.118. The molecule has 0 unspecified atom stereocenters. The van der Waals surface area contributed by atoms with Gasteiger partial charge in [0.2, 0.25) is 0 Å². The number of quaternary nitrogens is 2. The molecule has 0 radical (unpaired) electrons. The summed E-state index contributed by atoms with van der Waals surface area (Å²) in [6.07, 6.45) is 6.85. The molecular weight excluding hydrogens is 540 g/mol. The number of carbonyl (C=O) groups is 1. The number of ketones is 1. The van der Waals surface area contributed by atoms with E-state index in [4.69, 9.17) is 0 Å². The van der Waals surface area contributed by atoms with Crippen LogP contribution in [0.2, 0.25) is 0 Å². The lowest BCUT2D eigenvalue weighted by Gasteiger charge is -2.29. The fourth-order valence-corrected chi connectivity index (χ4v) is 4.05. The zero-order valence-corrected chi connectivity index (χ0v) is 24.7. The number of halogens is 2. The Hall–Kier alpha value is -1.01. The van der Waals surface area contributed by atoms with Crippen LogP contribution < -0.4 is 42.9 Å². The summed E-state index contributed by atoms with van der Waals surface area (Å²) in [4.78, 5) is 12.5. The van der Waals surface area contributed by atoms with Gasteiger partial charge in [0, 0.05) is 12.8 Å². The zero-order valence-electron chi connectivity index (χ0n) is 21.5. The van der Waals surface area contributed by atoms with Gasteiger partial charge in [-0.15, -0.1) is 0 Å². The first kappa shape index (κ1) is 32.0. The molecule has 0 atom stereocenters. The minimum absolute atomic E-state index is 0. The maximum absolute atomic E-state index is 12.5. The molecule has 0 aliphatic heterocycles. The number of Topliss-reactive ketones (excluding diaryl/α,β-unsaturated/α-hetero) is 1. The fraction of sp³-hybridized carbons (Fsp3) is 0.536. The van der Waals surface area contributed by atoms with Gasteiger partial charge in [-0.25, -0.2) is 0 Å². The Morgan fingerprint density at radius 2 is 1.06 bits per heavy atom. The Morgan fingerprint density at radius 3 is 1.45 bits per heavy atom. The molecular formula is C28H44Br2N2O. The largest absolute Gasteiger partial charge is 1.00 e. The molecule has 0 aliphatic carbocycles. The standard InChI is InChI=1S/C28H44N2O.2BrH/c1-7-9-21-29(3,4)26-16-11-24(12-17-26)15-20-28(31)23-25-13-18-27(19-14-25)30(5,6)22-10-8-2;;/h11-14,16-19H,7-10,15,20-23H2,1-6H3;2*1H/q+2;;/p-2. The average molecular weight is 584 g/mol. The summed E-state index contributed by atoms with van der Waals surface area (Å²) < 4.78 is 1.81. The summed E-state index contributed by atoms with van der Waals surface area (Å²) in [6.45, 7) is 6.77. The Balaban J connectivity index is 0.00000512. The van der Waals surface area contributed by atoms with E-state index in [1.807, 2.05) is 0 Å². The van der Waals surface area contributed by atoms with Crippen molar-refractivity contribution in [3.63, 3.8) is 0 Å². The second-order valence-corrected chi connectivity index (χ2v) is 10.1. The van der Waals surface area contributed by atoms with Gasteiger partial charge in [-0.05, 0) is 54.7 Å². The van der Waals surface area contributed by atoms with Crippen LogP contribution >= 0.6 is 0 Å². The number of rotatable bonds is 13. The second kappa shape index (κ2) is 15.1. The minimum Gasteiger partial charge on any atom is -1.00 e. The molecule has 0 aliphatic rings. The van der Waals surface area contributed by atoms with Crippen LogP contribution in [0.4, 0.5) is 11.4 Å². The van der Waals surface area contributed by atoms with E-state index < -0.39 is 0 Å². The number of aryl methyl sites for hydroxylation is 1. The highest BCUT2D eigenvalue weighted by atomic mass is 79.9. The van der Waals surface area contributed by atoms with Crippen LogP contribution in [0.15, 0.2) is 48.5 Å². The van der Waals surface area contributed by atoms with Crippen LogP contribution in [0.25, 0.3) is 0 Å². The van der Waals surface area contributed by atoms with E-state index >= 15 is 0 Å². The van der Waals surface area contributed by atoms with Crippen molar-refractivity contribution in [2.24, 2.45) is 0 Å². The van der Waals surface area contributed by atoms with E-state index in [9.17, 15) is 4.79 Å². The molecule has 186 valence electrons. The van der Waals surface area contributed by atoms with Crippen molar-refractivity contribution in [1.29, 1.82) is 0 Å². The monoisotopic (exact) mass is 582 g/mol. The van der Waals surface area contributed by atoms with E-state index in [0.717, 1.165) is 34.0 Å². The first-order valence-electron chi connectivity index (χ1n) is 12.0. The van der Waals surface area contributed by atoms with E-state index in [1.165, 1.54) is 42.6 Å². The molecule has 0 bridgehead atoms. The molecule has 2 aromatic carbocycles. The van der Waals surface area contributed by atoms with Crippen LogP contribution in [0.5, 0.6) is 0 Å². The molecule has 5 heteroatoms. The highest BCUT2D eigenvalue weighted by Crippen LogP contribution is 2.22. The Morgan fingerprint density at radius 1 is 0.667 bits per heavy atom. The van der Waals surface area contributed by atoms with Crippen molar-refractivity contribution >= 4 is 17.2 Å². The number of nitrogens with zero attached hydrogens (tertiary/aromatic N) is 2. The van der Waals surface area contributed by atoms with E-state index in [-0.39, 0.29) is 34.0 Å². The molecule has 0 heterocycles. The lowest BCUT2D eigenvalue weighted by atomic mass is 10.0. The average Bonchev–Trinajstić information content (AvgIpc) is 2.75. The van der Waals surface area contributed by atoms with Gasteiger partial charge in [-0.3, -0.25) is 13.8 Å². The number of benzene rings is 2. The van der Waals surface area contributed by atoms with Crippen molar-refractivity contribution in [2.75, 3.05) is 41.3 Å². The Kier molecular flexibility index (Phi) is 14.6. The van der Waals surface area contributed by atoms with Crippen LogP contribution in [0.1, 0.15) is 57.1 Å². The quantitative estimate of drug-likeness (QED) is 0.307.